The predicted octanol–water partition coefficient (Wildman–Crippen LogP) is 0.771. The van der Waals surface area contributed by atoms with Gasteiger partial charge in [0.1, 0.15) is 0 Å². The fraction of sp³-hybridized carbons (Fsp3) is 0.333. The first-order chi connectivity index (χ1) is 5.25. The summed E-state index contributed by atoms with van der Waals surface area (Å²) >= 11 is 0. The lowest BCUT2D eigenvalue weighted by Gasteiger charge is -1.95. The highest BCUT2D eigenvalue weighted by atomic mass is 16.6. The number of oxazole rings is 1. The summed E-state index contributed by atoms with van der Waals surface area (Å²) in [5.74, 6) is -1.19. The molecule has 1 heterocycles. The first-order valence-electron chi connectivity index (χ1n) is 3.05. The Balaban J connectivity index is 2.87. The third kappa shape index (κ3) is 1.49. The fourth-order valence-corrected chi connectivity index (χ4v) is 0.611. The lowest BCUT2D eigenvalue weighted by atomic mass is 10.5. The van der Waals surface area contributed by atoms with Gasteiger partial charge in [-0.05, 0) is 6.92 Å². The molecule has 0 amide bonds. The summed E-state index contributed by atoms with van der Waals surface area (Å²) < 4.78 is 9.48. The molecule has 5 heteroatoms. The van der Waals surface area contributed by atoms with Crippen LogP contribution in [0.1, 0.15) is 17.4 Å². The highest BCUT2D eigenvalue weighted by Crippen LogP contribution is 2.15. The number of hydrogen-bond donors (Lipinski definition) is 1. The van der Waals surface area contributed by atoms with E-state index in [1.54, 1.807) is 6.92 Å². The van der Waals surface area contributed by atoms with E-state index >= 15 is 0 Å². The van der Waals surface area contributed by atoms with Crippen molar-refractivity contribution >= 4 is 5.97 Å². The third-order valence-electron chi connectivity index (χ3n) is 1.01. The minimum atomic E-state index is -1.15. The van der Waals surface area contributed by atoms with Crippen LogP contribution in [0.4, 0.5) is 0 Å². The fourth-order valence-electron chi connectivity index (χ4n) is 0.611. The van der Waals surface area contributed by atoms with Crippen LogP contribution in [0.5, 0.6) is 5.95 Å². The number of carbonyl (C=O) groups is 1. The Hall–Kier alpha value is -1.52. The molecule has 0 saturated heterocycles. The van der Waals surface area contributed by atoms with Crippen molar-refractivity contribution < 1.29 is 19.1 Å². The summed E-state index contributed by atoms with van der Waals surface area (Å²) in [6, 6.07) is 0. The molecule has 0 atom stereocenters. The Kier molecular flexibility index (Phi) is 2.10. The van der Waals surface area contributed by atoms with E-state index in [-0.39, 0.29) is 11.6 Å². The maximum atomic E-state index is 10.4. The van der Waals surface area contributed by atoms with Gasteiger partial charge in [-0.1, -0.05) is 0 Å². The Labute approximate surface area is 62.6 Å². The second-order valence-electron chi connectivity index (χ2n) is 1.73. The highest BCUT2D eigenvalue weighted by Gasteiger charge is 2.15. The first kappa shape index (κ1) is 7.59. The molecule has 0 fully saturated rings. The Morgan fingerprint density at radius 2 is 2.64 bits per heavy atom. The van der Waals surface area contributed by atoms with Gasteiger partial charge >= 0.3 is 11.9 Å². The van der Waals surface area contributed by atoms with E-state index in [1.165, 1.54) is 0 Å². The van der Waals surface area contributed by atoms with E-state index in [0.717, 1.165) is 6.39 Å². The van der Waals surface area contributed by atoms with E-state index in [9.17, 15) is 4.79 Å². The van der Waals surface area contributed by atoms with Crippen molar-refractivity contribution in [3.63, 3.8) is 0 Å². The molecule has 0 radical (unpaired) electrons. The SMILES string of the molecule is CCOc1ocnc1C(=O)O. The van der Waals surface area contributed by atoms with Crippen molar-refractivity contribution in [2.45, 2.75) is 6.92 Å². The van der Waals surface area contributed by atoms with Crippen LogP contribution in [0.15, 0.2) is 10.8 Å². The van der Waals surface area contributed by atoms with Crippen LogP contribution < -0.4 is 4.74 Å². The van der Waals surface area contributed by atoms with E-state index in [0.29, 0.717) is 6.61 Å². The topological polar surface area (TPSA) is 72.6 Å². The molecule has 0 saturated carbocycles. The quantitative estimate of drug-likeness (QED) is 0.701. The van der Waals surface area contributed by atoms with Crippen molar-refractivity contribution in [1.29, 1.82) is 0 Å². The zero-order valence-corrected chi connectivity index (χ0v) is 5.90. The van der Waals surface area contributed by atoms with Crippen molar-refractivity contribution in [3.8, 4) is 5.95 Å². The van der Waals surface area contributed by atoms with Crippen molar-refractivity contribution in [2.75, 3.05) is 6.61 Å². The second kappa shape index (κ2) is 3.05. The summed E-state index contributed by atoms with van der Waals surface area (Å²) in [6.45, 7) is 2.09. The van der Waals surface area contributed by atoms with Gasteiger partial charge in [-0.3, -0.25) is 0 Å². The molecular weight excluding hydrogens is 150 g/mol. The molecule has 0 aliphatic carbocycles. The summed E-state index contributed by atoms with van der Waals surface area (Å²) in [5.41, 5.74) is -0.188. The molecule has 0 aliphatic heterocycles. The molecule has 11 heavy (non-hydrogen) atoms. The number of aromatic carboxylic acids is 1. The van der Waals surface area contributed by atoms with Gasteiger partial charge in [0.15, 0.2) is 6.39 Å². The van der Waals surface area contributed by atoms with Crippen LogP contribution in [0.25, 0.3) is 0 Å². The van der Waals surface area contributed by atoms with Gasteiger partial charge in [0.2, 0.25) is 5.69 Å². The van der Waals surface area contributed by atoms with Crippen LogP contribution in [0.2, 0.25) is 0 Å². The number of carboxylic acid groups (broad SMARTS) is 1. The summed E-state index contributed by atoms with van der Waals surface area (Å²) in [5, 5.41) is 8.48. The molecule has 0 spiro atoms. The van der Waals surface area contributed by atoms with Crippen molar-refractivity contribution in [2.24, 2.45) is 0 Å². The molecule has 1 N–H and O–H groups in total. The molecule has 0 unspecified atom stereocenters. The molecule has 0 aliphatic rings. The average Bonchev–Trinajstić information content (AvgIpc) is 2.36. The van der Waals surface area contributed by atoms with Gasteiger partial charge in [0.05, 0.1) is 6.61 Å². The molecule has 1 aromatic rings. The highest BCUT2D eigenvalue weighted by molar-refractivity contribution is 5.87. The molecule has 0 aromatic carbocycles. The molecule has 0 bridgehead atoms. The van der Waals surface area contributed by atoms with E-state index in [1.807, 2.05) is 0 Å². The minimum absolute atomic E-state index is 0.0417. The number of ether oxygens (including phenoxy) is 1. The van der Waals surface area contributed by atoms with Gasteiger partial charge in [-0.15, -0.1) is 0 Å². The normalized spacial score (nSPS) is 9.55. The van der Waals surface area contributed by atoms with Crippen molar-refractivity contribution in [3.05, 3.63) is 12.1 Å². The van der Waals surface area contributed by atoms with Gasteiger partial charge in [0.25, 0.3) is 0 Å². The molecular formula is C6H7NO4. The Bertz CT molecular complexity index is 255. The Morgan fingerprint density at radius 1 is 1.91 bits per heavy atom. The van der Waals surface area contributed by atoms with Gasteiger partial charge in [0, 0.05) is 0 Å². The maximum Gasteiger partial charge on any atom is 0.362 e. The van der Waals surface area contributed by atoms with E-state index in [4.69, 9.17) is 9.84 Å². The number of nitrogens with zero attached hydrogens (tertiary/aromatic N) is 1. The number of hydrogen-bond acceptors (Lipinski definition) is 4. The number of aromatic nitrogens is 1. The molecule has 5 nitrogen and oxygen atoms in total. The lowest BCUT2D eigenvalue weighted by Crippen LogP contribution is -2.01. The smallest absolute Gasteiger partial charge is 0.362 e. The lowest BCUT2D eigenvalue weighted by molar-refractivity contribution is 0.0683. The molecule has 60 valence electrons. The largest absolute Gasteiger partial charge is 0.476 e. The first-order valence-corrected chi connectivity index (χ1v) is 3.05. The van der Waals surface area contributed by atoms with Crippen molar-refractivity contribution in [1.82, 2.24) is 4.98 Å². The molecule has 1 aromatic heterocycles. The summed E-state index contributed by atoms with van der Waals surface area (Å²) in [4.78, 5) is 13.8. The second-order valence-corrected chi connectivity index (χ2v) is 1.73. The number of carboxylic acids is 1. The van der Waals surface area contributed by atoms with Crippen LogP contribution in [0.3, 0.4) is 0 Å². The zero-order valence-electron chi connectivity index (χ0n) is 5.90. The standard InChI is InChI=1S/C6H7NO4/c1-2-10-6-4(5(8)9)7-3-11-6/h3H,2H2,1H3,(H,8,9). The predicted molar refractivity (Wildman–Crippen MR) is 34.6 cm³/mol. The third-order valence-corrected chi connectivity index (χ3v) is 1.01. The number of rotatable bonds is 3. The maximum absolute atomic E-state index is 10.4. The van der Waals surface area contributed by atoms with Crippen LogP contribution in [0, 0.1) is 0 Å². The van der Waals surface area contributed by atoms with Gasteiger partial charge in [-0.25, -0.2) is 9.78 Å². The van der Waals surface area contributed by atoms with Crippen LogP contribution >= 0.6 is 0 Å². The van der Waals surface area contributed by atoms with E-state index in [2.05, 4.69) is 9.40 Å². The van der Waals surface area contributed by atoms with Crippen LogP contribution in [-0.2, 0) is 0 Å². The van der Waals surface area contributed by atoms with Crippen LogP contribution in [-0.4, -0.2) is 22.7 Å². The minimum Gasteiger partial charge on any atom is -0.476 e. The summed E-state index contributed by atoms with van der Waals surface area (Å²) in [7, 11) is 0. The Morgan fingerprint density at radius 3 is 3.18 bits per heavy atom. The monoisotopic (exact) mass is 157 g/mol. The summed E-state index contributed by atoms with van der Waals surface area (Å²) in [6.07, 6.45) is 1.04. The van der Waals surface area contributed by atoms with Gasteiger partial charge < -0.3 is 14.3 Å². The zero-order chi connectivity index (χ0) is 8.27. The van der Waals surface area contributed by atoms with E-state index < -0.39 is 5.97 Å². The molecule has 1 rings (SSSR count). The average molecular weight is 157 g/mol. The van der Waals surface area contributed by atoms with Gasteiger partial charge in [-0.2, -0.15) is 0 Å².